The second kappa shape index (κ2) is 3.01. The minimum absolute atomic E-state index is 0.109. The van der Waals surface area contributed by atoms with Crippen LogP contribution in [0.15, 0.2) is 18.2 Å². The van der Waals surface area contributed by atoms with Gasteiger partial charge in [-0.1, -0.05) is 0 Å². The van der Waals surface area contributed by atoms with Crippen LogP contribution in [0.4, 0.5) is 10.1 Å². The molecule has 0 unspecified atom stereocenters. The Balaban J connectivity index is 2.24. The maximum absolute atomic E-state index is 13.5. The van der Waals surface area contributed by atoms with Gasteiger partial charge < -0.3 is 0 Å². The Labute approximate surface area is 89.6 Å². The Hall–Kier alpha value is -1.98. The van der Waals surface area contributed by atoms with Gasteiger partial charge in [0.1, 0.15) is 0 Å². The molecular formula is C10H8FN3O2. The first-order valence-corrected chi connectivity index (χ1v) is 4.99. The van der Waals surface area contributed by atoms with Crippen molar-refractivity contribution in [1.82, 2.24) is 9.78 Å². The normalized spacial score (nSPS) is 15.6. The van der Waals surface area contributed by atoms with E-state index in [-0.39, 0.29) is 17.1 Å². The van der Waals surface area contributed by atoms with Gasteiger partial charge in [0, 0.05) is 12.1 Å². The summed E-state index contributed by atoms with van der Waals surface area (Å²) < 4.78 is 15.1. The molecule has 2 aromatic rings. The first kappa shape index (κ1) is 9.26. The van der Waals surface area contributed by atoms with Crippen molar-refractivity contribution in [3.8, 4) is 0 Å². The van der Waals surface area contributed by atoms with Crippen LogP contribution in [0.2, 0.25) is 0 Å². The summed E-state index contributed by atoms with van der Waals surface area (Å²) in [4.78, 5) is 10.0. The molecule has 1 aromatic carbocycles. The topological polar surface area (TPSA) is 61.0 Å². The van der Waals surface area contributed by atoms with Crippen LogP contribution in [0.1, 0.15) is 18.9 Å². The van der Waals surface area contributed by atoms with Crippen LogP contribution >= 0.6 is 0 Å². The first-order valence-electron chi connectivity index (χ1n) is 4.99. The molecule has 1 aliphatic rings. The fourth-order valence-electron chi connectivity index (χ4n) is 1.80. The van der Waals surface area contributed by atoms with Crippen molar-refractivity contribution in [2.24, 2.45) is 0 Å². The fourth-order valence-corrected chi connectivity index (χ4v) is 1.80. The van der Waals surface area contributed by atoms with Gasteiger partial charge in [-0.05, 0) is 18.9 Å². The molecule has 0 amide bonds. The Bertz CT molecular complexity index is 589. The van der Waals surface area contributed by atoms with Crippen molar-refractivity contribution in [2.75, 3.05) is 0 Å². The predicted molar refractivity (Wildman–Crippen MR) is 54.6 cm³/mol. The molecule has 0 saturated heterocycles. The molecule has 1 saturated carbocycles. The van der Waals surface area contributed by atoms with Crippen LogP contribution < -0.4 is 0 Å². The van der Waals surface area contributed by atoms with Crippen molar-refractivity contribution >= 4 is 16.6 Å². The van der Waals surface area contributed by atoms with E-state index in [9.17, 15) is 14.5 Å². The highest BCUT2D eigenvalue weighted by Gasteiger charge is 2.28. The zero-order valence-corrected chi connectivity index (χ0v) is 8.26. The SMILES string of the molecule is O=[N+]([O-])c1ccc2c(c1)c(F)nn2C1CC1. The van der Waals surface area contributed by atoms with E-state index in [0.717, 1.165) is 12.8 Å². The van der Waals surface area contributed by atoms with E-state index in [4.69, 9.17) is 0 Å². The summed E-state index contributed by atoms with van der Waals surface area (Å²) in [5.41, 5.74) is 0.521. The van der Waals surface area contributed by atoms with E-state index in [2.05, 4.69) is 5.10 Å². The molecule has 0 spiro atoms. The number of fused-ring (bicyclic) bond motifs is 1. The summed E-state index contributed by atoms with van der Waals surface area (Å²) in [6, 6.07) is 4.43. The van der Waals surface area contributed by atoms with Crippen molar-refractivity contribution in [3.05, 3.63) is 34.3 Å². The smallest absolute Gasteiger partial charge is 0.259 e. The maximum atomic E-state index is 13.5. The highest BCUT2D eigenvalue weighted by atomic mass is 19.1. The minimum atomic E-state index is -0.634. The van der Waals surface area contributed by atoms with Gasteiger partial charge in [0.15, 0.2) is 0 Å². The second-order valence-corrected chi connectivity index (χ2v) is 3.93. The van der Waals surface area contributed by atoms with Crippen molar-refractivity contribution in [3.63, 3.8) is 0 Å². The van der Waals surface area contributed by atoms with Gasteiger partial charge in [0.2, 0.25) is 5.95 Å². The lowest BCUT2D eigenvalue weighted by Gasteiger charge is -1.98. The lowest BCUT2D eigenvalue weighted by Crippen LogP contribution is -1.95. The second-order valence-electron chi connectivity index (χ2n) is 3.93. The zero-order chi connectivity index (χ0) is 11.3. The molecule has 1 aromatic heterocycles. The number of halogens is 1. The van der Waals surface area contributed by atoms with Gasteiger partial charge in [0.05, 0.1) is 21.9 Å². The van der Waals surface area contributed by atoms with E-state index < -0.39 is 10.9 Å². The lowest BCUT2D eigenvalue weighted by atomic mass is 10.2. The number of aromatic nitrogens is 2. The van der Waals surface area contributed by atoms with Crippen LogP contribution in [0, 0.1) is 16.1 Å². The predicted octanol–water partition coefficient (Wildman–Crippen LogP) is 2.42. The largest absolute Gasteiger partial charge is 0.270 e. The molecule has 1 aliphatic carbocycles. The third-order valence-corrected chi connectivity index (χ3v) is 2.75. The van der Waals surface area contributed by atoms with Crippen LogP contribution in [-0.2, 0) is 0 Å². The number of hydrogen-bond acceptors (Lipinski definition) is 3. The Kier molecular flexibility index (Phi) is 1.74. The highest BCUT2D eigenvalue weighted by Crippen LogP contribution is 2.37. The Morgan fingerprint density at radius 1 is 1.50 bits per heavy atom. The number of non-ortho nitro benzene ring substituents is 1. The zero-order valence-electron chi connectivity index (χ0n) is 8.26. The molecule has 6 heteroatoms. The van der Waals surface area contributed by atoms with Crippen molar-refractivity contribution in [2.45, 2.75) is 18.9 Å². The van der Waals surface area contributed by atoms with Crippen LogP contribution in [0.25, 0.3) is 10.9 Å². The number of nitro benzene ring substituents is 1. The maximum Gasteiger partial charge on any atom is 0.270 e. The summed E-state index contributed by atoms with van der Waals surface area (Å²) >= 11 is 0. The molecule has 3 rings (SSSR count). The van der Waals surface area contributed by atoms with E-state index in [0.29, 0.717) is 5.52 Å². The molecule has 0 radical (unpaired) electrons. The number of hydrogen-bond donors (Lipinski definition) is 0. The summed E-state index contributed by atoms with van der Waals surface area (Å²) in [5, 5.41) is 14.6. The standard InChI is InChI=1S/C10H8FN3O2/c11-10-8-5-7(14(15)16)3-4-9(8)13(12-10)6-1-2-6/h3-6H,1-2H2. The first-order chi connectivity index (χ1) is 7.66. The molecule has 0 bridgehead atoms. The average Bonchev–Trinajstić information content (AvgIpc) is 3.04. The molecule has 0 atom stereocenters. The summed E-state index contributed by atoms with van der Waals surface area (Å²) in [7, 11) is 0. The Morgan fingerprint density at radius 3 is 2.88 bits per heavy atom. The lowest BCUT2D eigenvalue weighted by molar-refractivity contribution is -0.384. The van der Waals surface area contributed by atoms with Gasteiger partial charge in [-0.2, -0.15) is 4.39 Å². The molecule has 0 aliphatic heterocycles. The number of nitrogens with zero attached hydrogens (tertiary/aromatic N) is 3. The van der Waals surface area contributed by atoms with Crippen molar-refractivity contribution < 1.29 is 9.31 Å². The summed E-state index contributed by atoms with van der Waals surface area (Å²) in [6.07, 6.45) is 1.99. The van der Waals surface area contributed by atoms with Crippen LogP contribution in [0.3, 0.4) is 0 Å². The Morgan fingerprint density at radius 2 is 2.25 bits per heavy atom. The summed E-state index contributed by atoms with van der Waals surface area (Å²) in [5.74, 6) is -0.634. The highest BCUT2D eigenvalue weighted by molar-refractivity contribution is 5.82. The third kappa shape index (κ3) is 1.26. The molecule has 0 N–H and O–H groups in total. The number of benzene rings is 1. The van der Waals surface area contributed by atoms with Crippen molar-refractivity contribution in [1.29, 1.82) is 0 Å². The molecule has 82 valence electrons. The number of nitro groups is 1. The van der Waals surface area contributed by atoms with Gasteiger partial charge in [0.25, 0.3) is 5.69 Å². The molecule has 1 heterocycles. The number of rotatable bonds is 2. The van der Waals surface area contributed by atoms with E-state index in [1.807, 2.05) is 0 Å². The van der Waals surface area contributed by atoms with Gasteiger partial charge in [-0.15, -0.1) is 5.10 Å². The monoisotopic (exact) mass is 221 g/mol. The quantitative estimate of drug-likeness (QED) is 0.578. The molecule has 1 fully saturated rings. The van der Waals surface area contributed by atoms with Crippen LogP contribution in [0.5, 0.6) is 0 Å². The van der Waals surface area contributed by atoms with Gasteiger partial charge >= 0.3 is 0 Å². The average molecular weight is 221 g/mol. The molecule has 5 nitrogen and oxygen atoms in total. The van der Waals surface area contributed by atoms with E-state index in [1.54, 1.807) is 10.7 Å². The van der Waals surface area contributed by atoms with Gasteiger partial charge in [-0.3, -0.25) is 14.8 Å². The molecule has 16 heavy (non-hydrogen) atoms. The van der Waals surface area contributed by atoms with Crippen LogP contribution in [-0.4, -0.2) is 14.7 Å². The molecular weight excluding hydrogens is 213 g/mol. The van der Waals surface area contributed by atoms with Gasteiger partial charge in [-0.25, -0.2) is 0 Å². The minimum Gasteiger partial charge on any atom is -0.259 e. The third-order valence-electron chi connectivity index (χ3n) is 2.75. The fraction of sp³-hybridized carbons (Fsp3) is 0.300. The van der Waals surface area contributed by atoms with E-state index >= 15 is 0 Å². The summed E-state index contributed by atoms with van der Waals surface area (Å²) in [6.45, 7) is 0. The van der Waals surface area contributed by atoms with E-state index in [1.165, 1.54) is 12.1 Å².